The molecule has 7 N–H and O–H groups in total. The third-order valence-corrected chi connectivity index (χ3v) is 5.20. The maximum atomic E-state index is 12.3. The van der Waals surface area contributed by atoms with Gasteiger partial charge in [0, 0.05) is 6.08 Å². The molecule has 0 aromatic heterocycles. The molecular weight excluding hydrogens is 452 g/mol. The Labute approximate surface area is 194 Å². The fraction of sp³-hybridized carbons (Fsp3) is 0.348. The maximum absolute atomic E-state index is 12.3. The van der Waals surface area contributed by atoms with Gasteiger partial charge in [-0.15, -0.1) is 0 Å². The number of carbonyl (C=O) groups is 1. The number of benzene rings is 2. The largest absolute Gasteiger partial charge is 0.504 e. The van der Waals surface area contributed by atoms with Gasteiger partial charge in [0.15, 0.2) is 35.4 Å². The number of esters is 1. The second kappa shape index (κ2) is 11.2. The lowest BCUT2D eigenvalue weighted by molar-refractivity contribution is -0.303. The number of phenols is 4. The molecule has 3 rings (SSSR count). The lowest BCUT2D eigenvalue weighted by atomic mass is 9.99. The smallest absolute Gasteiger partial charge is 0.331 e. The van der Waals surface area contributed by atoms with Crippen LogP contribution in [0.25, 0.3) is 6.08 Å². The van der Waals surface area contributed by atoms with E-state index in [1.165, 1.54) is 36.4 Å². The number of hydrogen-bond donors (Lipinski definition) is 7. The first kappa shape index (κ1) is 25.3. The molecule has 0 radical (unpaired) electrons. The highest BCUT2D eigenvalue weighted by atomic mass is 16.7. The predicted octanol–water partition coefficient (Wildman–Crippen LogP) is 0.132. The summed E-state index contributed by atoms with van der Waals surface area (Å²) in [6, 6.07) is 8.13. The summed E-state index contributed by atoms with van der Waals surface area (Å²) in [5.41, 5.74) is 1.01. The van der Waals surface area contributed by atoms with E-state index in [4.69, 9.17) is 14.2 Å². The summed E-state index contributed by atoms with van der Waals surface area (Å²) in [4.78, 5) is 12.3. The Hall–Kier alpha value is -3.35. The van der Waals surface area contributed by atoms with Crippen molar-refractivity contribution < 1.29 is 54.8 Å². The Balaban J connectivity index is 1.66. The summed E-state index contributed by atoms with van der Waals surface area (Å²) >= 11 is 0. The average Bonchev–Trinajstić information content (AvgIpc) is 2.81. The van der Waals surface area contributed by atoms with Gasteiger partial charge in [-0.1, -0.05) is 12.1 Å². The molecule has 0 spiro atoms. The van der Waals surface area contributed by atoms with Gasteiger partial charge in [-0.05, 0) is 47.9 Å². The summed E-state index contributed by atoms with van der Waals surface area (Å²) in [6.07, 6.45) is -4.52. The standard InChI is InChI=1S/C23H26O11/c24-11-18-20(30)21(31)22(34-19(29)6-3-12-1-4-14(25)16(27)9-12)23(33-18)32-8-7-13-2-5-15(26)17(28)10-13/h1-6,9-10,18,20-28,30-31H,7-8,11H2/t18-,20+,21-,22-,23-/m1/s1. The Kier molecular flexibility index (Phi) is 8.31. The van der Waals surface area contributed by atoms with Gasteiger partial charge >= 0.3 is 5.97 Å². The number of rotatable bonds is 8. The highest BCUT2D eigenvalue weighted by Gasteiger charge is 2.47. The van der Waals surface area contributed by atoms with E-state index in [1.807, 2.05) is 0 Å². The molecule has 0 saturated carbocycles. The van der Waals surface area contributed by atoms with E-state index in [0.717, 1.165) is 6.08 Å². The lowest BCUT2D eigenvalue weighted by Gasteiger charge is -2.41. The Morgan fingerprint density at radius 1 is 0.941 bits per heavy atom. The zero-order chi connectivity index (χ0) is 24.8. The van der Waals surface area contributed by atoms with E-state index in [2.05, 4.69) is 0 Å². The van der Waals surface area contributed by atoms with Crippen LogP contribution in [0.2, 0.25) is 0 Å². The number of hydrogen-bond acceptors (Lipinski definition) is 11. The normalized spacial score (nSPS) is 24.9. The van der Waals surface area contributed by atoms with Crippen LogP contribution in [0.15, 0.2) is 42.5 Å². The van der Waals surface area contributed by atoms with E-state index in [-0.39, 0.29) is 36.0 Å². The van der Waals surface area contributed by atoms with Crippen molar-refractivity contribution in [2.45, 2.75) is 37.1 Å². The fourth-order valence-corrected chi connectivity index (χ4v) is 3.32. The Morgan fingerprint density at radius 3 is 2.26 bits per heavy atom. The van der Waals surface area contributed by atoms with E-state index >= 15 is 0 Å². The van der Waals surface area contributed by atoms with Gasteiger partial charge in [-0.25, -0.2) is 4.79 Å². The number of aliphatic hydroxyl groups excluding tert-OH is 3. The van der Waals surface area contributed by atoms with Gasteiger partial charge in [-0.3, -0.25) is 0 Å². The SMILES string of the molecule is O=C(C=Cc1ccc(O)c(O)c1)O[C@H]1[C@H](OCCc2ccc(O)c(O)c2)O[C@H](CO)[C@H](O)[C@H]1O. The van der Waals surface area contributed by atoms with E-state index < -0.39 is 43.3 Å². The molecule has 1 aliphatic heterocycles. The van der Waals surface area contributed by atoms with Crippen molar-refractivity contribution in [3.8, 4) is 23.0 Å². The number of carbonyl (C=O) groups excluding carboxylic acids is 1. The molecule has 1 fully saturated rings. The van der Waals surface area contributed by atoms with Crippen molar-refractivity contribution >= 4 is 12.0 Å². The van der Waals surface area contributed by atoms with Gasteiger partial charge in [0.25, 0.3) is 0 Å². The van der Waals surface area contributed by atoms with Crippen LogP contribution in [-0.2, 0) is 25.4 Å². The minimum atomic E-state index is -1.62. The molecule has 5 atom stereocenters. The van der Waals surface area contributed by atoms with Gasteiger partial charge < -0.3 is 50.0 Å². The van der Waals surface area contributed by atoms with E-state index in [9.17, 15) is 40.5 Å². The quantitative estimate of drug-likeness (QED) is 0.155. The molecule has 0 amide bonds. The molecule has 1 heterocycles. The molecule has 0 bridgehead atoms. The van der Waals surface area contributed by atoms with Gasteiger partial charge in [0.2, 0.25) is 0 Å². The first-order chi connectivity index (χ1) is 16.2. The van der Waals surface area contributed by atoms with E-state index in [0.29, 0.717) is 11.1 Å². The molecule has 34 heavy (non-hydrogen) atoms. The maximum Gasteiger partial charge on any atom is 0.331 e. The van der Waals surface area contributed by atoms with Crippen molar-refractivity contribution in [1.82, 2.24) is 0 Å². The van der Waals surface area contributed by atoms with Gasteiger partial charge in [-0.2, -0.15) is 0 Å². The van der Waals surface area contributed by atoms with Crippen molar-refractivity contribution in [3.05, 3.63) is 53.6 Å². The topological polar surface area (TPSA) is 186 Å². The third kappa shape index (κ3) is 6.16. The van der Waals surface area contributed by atoms with Crippen molar-refractivity contribution in [2.75, 3.05) is 13.2 Å². The fourth-order valence-electron chi connectivity index (χ4n) is 3.32. The number of phenolic OH excluding ortho intramolecular Hbond substituents is 4. The second-order valence-electron chi connectivity index (χ2n) is 7.63. The van der Waals surface area contributed by atoms with Crippen molar-refractivity contribution in [1.29, 1.82) is 0 Å². The highest BCUT2D eigenvalue weighted by molar-refractivity contribution is 5.87. The molecule has 184 valence electrons. The molecule has 11 nitrogen and oxygen atoms in total. The van der Waals surface area contributed by atoms with Crippen molar-refractivity contribution in [2.24, 2.45) is 0 Å². The van der Waals surface area contributed by atoms with Crippen LogP contribution in [0.5, 0.6) is 23.0 Å². The molecule has 11 heteroatoms. The number of aliphatic hydroxyl groups is 3. The van der Waals surface area contributed by atoms with Crippen LogP contribution in [0, 0.1) is 0 Å². The highest BCUT2D eigenvalue weighted by Crippen LogP contribution is 2.28. The van der Waals surface area contributed by atoms with Crippen LogP contribution in [0.4, 0.5) is 0 Å². The van der Waals surface area contributed by atoms with Gasteiger partial charge in [0.1, 0.15) is 18.3 Å². The first-order valence-electron chi connectivity index (χ1n) is 10.3. The average molecular weight is 478 g/mol. The number of ether oxygens (including phenoxy) is 3. The monoisotopic (exact) mass is 478 g/mol. The first-order valence-corrected chi connectivity index (χ1v) is 10.3. The number of aromatic hydroxyl groups is 4. The summed E-state index contributed by atoms with van der Waals surface area (Å²) in [6.45, 7) is -0.624. The van der Waals surface area contributed by atoms with Crippen LogP contribution in [0.1, 0.15) is 11.1 Å². The molecule has 1 aliphatic rings. The van der Waals surface area contributed by atoms with Crippen LogP contribution in [-0.4, -0.2) is 85.6 Å². The lowest BCUT2D eigenvalue weighted by Crippen LogP contribution is -2.60. The second-order valence-corrected chi connectivity index (χ2v) is 7.63. The minimum Gasteiger partial charge on any atom is -0.504 e. The summed E-state index contributed by atoms with van der Waals surface area (Å²) < 4.78 is 16.3. The van der Waals surface area contributed by atoms with Crippen LogP contribution >= 0.6 is 0 Å². The summed E-state index contributed by atoms with van der Waals surface area (Å²) in [7, 11) is 0. The summed E-state index contributed by atoms with van der Waals surface area (Å²) in [5.74, 6) is -2.18. The molecule has 0 unspecified atom stereocenters. The van der Waals surface area contributed by atoms with E-state index in [1.54, 1.807) is 6.07 Å². The molecule has 1 saturated heterocycles. The molecule has 2 aromatic rings. The summed E-state index contributed by atoms with van der Waals surface area (Å²) in [5, 5.41) is 67.9. The Morgan fingerprint density at radius 2 is 1.62 bits per heavy atom. The Bertz CT molecular complexity index is 1020. The molecule has 2 aromatic carbocycles. The van der Waals surface area contributed by atoms with Crippen LogP contribution < -0.4 is 0 Å². The minimum absolute atomic E-state index is 0.00742. The third-order valence-electron chi connectivity index (χ3n) is 5.20. The van der Waals surface area contributed by atoms with Crippen LogP contribution in [0.3, 0.4) is 0 Å². The van der Waals surface area contributed by atoms with Crippen molar-refractivity contribution in [3.63, 3.8) is 0 Å². The predicted molar refractivity (Wildman–Crippen MR) is 116 cm³/mol. The van der Waals surface area contributed by atoms with Gasteiger partial charge in [0.05, 0.1) is 13.2 Å². The molecular formula is C23H26O11. The zero-order valence-corrected chi connectivity index (χ0v) is 17.9. The molecule has 0 aliphatic carbocycles. The zero-order valence-electron chi connectivity index (χ0n) is 17.9.